The molecule has 2 aliphatic heterocycles. The Labute approximate surface area is 95.5 Å². The third kappa shape index (κ3) is 1.67. The van der Waals surface area contributed by atoms with Crippen molar-refractivity contribution in [1.29, 1.82) is 0 Å². The Kier molecular flexibility index (Phi) is 2.63. The maximum Gasteiger partial charge on any atom is 0.352 e. The van der Waals surface area contributed by atoms with Crippen molar-refractivity contribution in [3.8, 4) is 0 Å². The van der Waals surface area contributed by atoms with E-state index in [0.717, 1.165) is 0 Å². The molecule has 86 valence electrons. The largest absolute Gasteiger partial charge is 0.477 e. The van der Waals surface area contributed by atoms with Gasteiger partial charge in [0.25, 0.3) is 0 Å². The predicted molar refractivity (Wildman–Crippen MR) is 56.2 cm³/mol. The van der Waals surface area contributed by atoms with Crippen molar-refractivity contribution in [1.82, 2.24) is 4.90 Å². The van der Waals surface area contributed by atoms with Gasteiger partial charge < -0.3 is 10.8 Å². The molecule has 3 N–H and O–H groups in total. The van der Waals surface area contributed by atoms with Crippen LogP contribution in [0.15, 0.2) is 11.3 Å². The van der Waals surface area contributed by atoms with Crippen LogP contribution < -0.4 is 5.73 Å². The summed E-state index contributed by atoms with van der Waals surface area (Å²) < 4.78 is 0. The van der Waals surface area contributed by atoms with Crippen LogP contribution in [-0.4, -0.2) is 38.9 Å². The third-order valence-electron chi connectivity index (χ3n) is 2.52. The molecule has 2 rings (SSSR count). The molecule has 2 heterocycles. The zero-order chi connectivity index (χ0) is 11.9. The summed E-state index contributed by atoms with van der Waals surface area (Å²) >= 11 is 1.46. The molecule has 2 aliphatic rings. The highest BCUT2D eigenvalue weighted by Gasteiger charge is 2.45. The Morgan fingerprint density at radius 1 is 1.56 bits per heavy atom. The van der Waals surface area contributed by atoms with Gasteiger partial charge in [-0.2, -0.15) is 0 Å². The first-order chi connectivity index (χ1) is 7.50. The van der Waals surface area contributed by atoms with Crippen LogP contribution in [-0.2, 0) is 14.4 Å². The molecular weight excluding hydrogens is 232 g/mol. The maximum absolute atomic E-state index is 11.3. The van der Waals surface area contributed by atoms with Crippen LogP contribution in [0.4, 0.5) is 0 Å². The van der Waals surface area contributed by atoms with Crippen molar-refractivity contribution in [2.45, 2.75) is 18.2 Å². The van der Waals surface area contributed by atoms with E-state index in [1.807, 2.05) is 0 Å². The zero-order valence-electron chi connectivity index (χ0n) is 8.30. The minimum absolute atomic E-state index is 0.0567. The molecule has 1 fully saturated rings. The summed E-state index contributed by atoms with van der Waals surface area (Å²) in [6.45, 7) is 0. The molecule has 0 aliphatic carbocycles. The number of carbonyl (C=O) groups excluding carboxylic acids is 2. The Morgan fingerprint density at radius 2 is 2.25 bits per heavy atom. The molecule has 0 bridgehead atoms. The molecule has 0 saturated carbocycles. The van der Waals surface area contributed by atoms with Crippen LogP contribution in [0, 0.1) is 0 Å². The number of β-lactam (4-membered cyclic amide) rings is 1. The van der Waals surface area contributed by atoms with E-state index in [9.17, 15) is 14.4 Å². The summed E-state index contributed by atoms with van der Waals surface area (Å²) in [6, 6.07) is 0. The van der Waals surface area contributed by atoms with Crippen molar-refractivity contribution in [2.24, 2.45) is 5.73 Å². The molecular formula is C9H10N2O4S. The SMILES string of the molecule is NC(=O)CC1=C(C(=O)O)N2C(=O)CC2SC1. The predicted octanol–water partition coefficient (Wildman–Crippen LogP) is -0.494. The van der Waals surface area contributed by atoms with Gasteiger partial charge in [-0.25, -0.2) is 4.79 Å². The summed E-state index contributed by atoms with van der Waals surface area (Å²) in [6.07, 6.45) is 0.260. The van der Waals surface area contributed by atoms with E-state index < -0.39 is 11.9 Å². The number of hydrogen-bond donors (Lipinski definition) is 2. The normalized spacial score (nSPS) is 23.9. The van der Waals surface area contributed by atoms with E-state index in [4.69, 9.17) is 10.8 Å². The number of nitrogens with zero attached hydrogens (tertiary/aromatic N) is 1. The summed E-state index contributed by atoms with van der Waals surface area (Å²) in [5.74, 6) is -1.52. The van der Waals surface area contributed by atoms with Gasteiger partial charge in [0.2, 0.25) is 11.8 Å². The first kappa shape index (κ1) is 11.0. The summed E-state index contributed by atoms with van der Waals surface area (Å²) in [5, 5.41) is 8.96. The molecule has 0 aromatic heterocycles. The van der Waals surface area contributed by atoms with Crippen LogP contribution in [0.1, 0.15) is 12.8 Å². The van der Waals surface area contributed by atoms with Crippen LogP contribution in [0.2, 0.25) is 0 Å². The maximum atomic E-state index is 11.3. The number of carboxylic acids is 1. The van der Waals surface area contributed by atoms with Crippen molar-refractivity contribution in [2.75, 3.05) is 5.75 Å². The average molecular weight is 242 g/mol. The van der Waals surface area contributed by atoms with Crippen LogP contribution in [0.5, 0.6) is 0 Å². The molecule has 2 amide bonds. The second-order valence-corrected chi connectivity index (χ2v) is 4.80. The van der Waals surface area contributed by atoms with Crippen molar-refractivity contribution < 1.29 is 19.5 Å². The van der Waals surface area contributed by atoms with Crippen LogP contribution in [0.3, 0.4) is 0 Å². The number of hydrogen-bond acceptors (Lipinski definition) is 4. The van der Waals surface area contributed by atoms with Gasteiger partial charge in [0, 0.05) is 5.75 Å². The van der Waals surface area contributed by atoms with Gasteiger partial charge in [0.1, 0.15) is 5.70 Å². The van der Waals surface area contributed by atoms with Gasteiger partial charge in [-0.15, -0.1) is 11.8 Å². The fraction of sp³-hybridized carbons (Fsp3) is 0.444. The highest BCUT2D eigenvalue weighted by atomic mass is 32.2. The minimum atomic E-state index is -1.17. The highest BCUT2D eigenvalue weighted by molar-refractivity contribution is 8.00. The van der Waals surface area contributed by atoms with E-state index in [-0.39, 0.29) is 23.4 Å². The van der Waals surface area contributed by atoms with Crippen LogP contribution in [0.25, 0.3) is 0 Å². The molecule has 0 spiro atoms. The van der Waals surface area contributed by atoms with Gasteiger partial charge in [-0.05, 0) is 5.57 Å². The number of fused-ring (bicyclic) bond motifs is 1. The number of nitrogens with two attached hydrogens (primary N) is 1. The number of rotatable bonds is 3. The molecule has 7 heteroatoms. The number of carbonyl (C=O) groups is 3. The van der Waals surface area contributed by atoms with Gasteiger partial charge >= 0.3 is 5.97 Å². The highest BCUT2D eigenvalue weighted by Crippen LogP contribution is 2.40. The first-order valence-electron chi connectivity index (χ1n) is 4.68. The summed E-state index contributed by atoms with van der Waals surface area (Å²) in [5.41, 5.74) is 5.41. The summed E-state index contributed by atoms with van der Waals surface area (Å²) in [7, 11) is 0. The number of primary amides is 1. The van der Waals surface area contributed by atoms with Crippen LogP contribution >= 0.6 is 11.8 Å². The van der Waals surface area contributed by atoms with E-state index in [1.165, 1.54) is 16.7 Å². The number of carboxylic acid groups (broad SMARTS) is 1. The van der Waals surface area contributed by atoms with E-state index >= 15 is 0 Å². The lowest BCUT2D eigenvalue weighted by atomic mass is 10.1. The molecule has 0 aromatic carbocycles. The smallest absolute Gasteiger partial charge is 0.352 e. The first-order valence-corrected chi connectivity index (χ1v) is 5.73. The Hall–Kier alpha value is -1.50. The lowest BCUT2D eigenvalue weighted by Crippen LogP contribution is -2.54. The van der Waals surface area contributed by atoms with Crippen molar-refractivity contribution in [3.63, 3.8) is 0 Å². The lowest BCUT2D eigenvalue weighted by Gasteiger charge is -2.43. The molecule has 6 nitrogen and oxygen atoms in total. The number of aliphatic carboxylic acids is 1. The molecule has 16 heavy (non-hydrogen) atoms. The number of thioether (sulfide) groups is 1. The Balaban J connectivity index is 2.35. The van der Waals surface area contributed by atoms with Gasteiger partial charge in [0.15, 0.2) is 0 Å². The Morgan fingerprint density at radius 3 is 2.75 bits per heavy atom. The van der Waals surface area contributed by atoms with Crippen molar-refractivity contribution >= 4 is 29.5 Å². The van der Waals surface area contributed by atoms with Gasteiger partial charge in [-0.3, -0.25) is 14.5 Å². The minimum Gasteiger partial charge on any atom is -0.477 e. The zero-order valence-corrected chi connectivity index (χ0v) is 9.12. The molecule has 0 aromatic rings. The average Bonchev–Trinajstić information content (AvgIpc) is 2.17. The fourth-order valence-corrected chi connectivity index (χ4v) is 3.09. The van der Waals surface area contributed by atoms with Gasteiger partial charge in [-0.1, -0.05) is 0 Å². The second-order valence-electron chi connectivity index (χ2n) is 3.63. The fourth-order valence-electron chi connectivity index (χ4n) is 1.82. The second kappa shape index (κ2) is 3.82. The molecule has 1 saturated heterocycles. The molecule has 1 atom stereocenters. The standard InChI is InChI=1S/C9H10N2O4S/c10-5(12)1-4-3-16-7-2-6(13)11(7)8(4)9(14)15/h7H,1-3H2,(H2,10,12)(H,14,15). The molecule has 1 unspecified atom stereocenters. The quantitative estimate of drug-likeness (QED) is 0.650. The van der Waals surface area contributed by atoms with E-state index in [2.05, 4.69) is 0 Å². The number of amides is 2. The van der Waals surface area contributed by atoms with E-state index in [1.54, 1.807) is 0 Å². The lowest BCUT2D eigenvalue weighted by molar-refractivity contribution is -0.146. The van der Waals surface area contributed by atoms with Crippen molar-refractivity contribution in [3.05, 3.63) is 11.3 Å². The summed E-state index contributed by atoms with van der Waals surface area (Å²) in [4.78, 5) is 34.4. The molecule has 0 radical (unpaired) electrons. The third-order valence-corrected chi connectivity index (χ3v) is 3.80. The Bertz CT molecular complexity index is 418. The van der Waals surface area contributed by atoms with Gasteiger partial charge in [0.05, 0.1) is 18.2 Å². The monoisotopic (exact) mass is 242 g/mol. The van der Waals surface area contributed by atoms with E-state index in [0.29, 0.717) is 17.7 Å². The topological polar surface area (TPSA) is 101 Å².